The van der Waals surface area contributed by atoms with E-state index in [0.29, 0.717) is 21.8 Å². The lowest BCUT2D eigenvalue weighted by atomic mass is 10.0. The predicted octanol–water partition coefficient (Wildman–Crippen LogP) is 3.40. The number of nitrogens with one attached hydrogen (secondary N) is 3. The lowest BCUT2D eigenvalue weighted by Gasteiger charge is -2.08. The minimum Gasteiger partial charge on any atom is -0.352 e. The fourth-order valence-electron chi connectivity index (χ4n) is 2.88. The van der Waals surface area contributed by atoms with Crippen molar-refractivity contribution in [1.29, 1.82) is 0 Å². The van der Waals surface area contributed by atoms with Crippen molar-refractivity contribution in [3.8, 4) is 0 Å². The molecule has 4 rings (SSSR count). The molecule has 4 aromatic rings. The number of ketones is 1. The summed E-state index contributed by atoms with van der Waals surface area (Å²) in [6.45, 7) is -0.0371. The standard InChI is InChI=1S/C23H18N4O3S/c28-20(14-24-23-25-18-8-4-5-9-19(18)31-23)26-27-22(30)17-12-10-16(11-13-17)21(29)15-6-2-1-3-7-15/h1-13H,14H2,(H,24,25)(H,26,28)(H,27,30). The van der Waals surface area contributed by atoms with Crippen LogP contribution in [0.4, 0.5) is 5.13 Å². The van der Waals surface area contributed by atoms with Crippen LogP contribution in [0.5, 0.6) is 0 Å². The highest BCUT2D eigenvalue weighted by molar-refractivity contribution is 7.22. The van der Waals surface area contributed by atoms with Crippen LogP contribution in [0.3, 0.4) is 0 Å². The van der Waals surface area contributed by atoms with Gasteiger partial charge >= 0.3 is 0 Å². The first-order chi connectivity index (χ1) is 15.1. The fourth-order valence-corrected chi connectivity index (χ4v) is 3.74. The molecule has 1 heterocycles. The number of hydrogen-bond donors (Lipinski definition) is 3. The van der Waals surface area contributed by atoms with Gasteiger partial charge in [-0.3, -0.25) is 25.2 Å². The lowest BCUT2D eigenvalue weighted by Crippen LogP contribution is -2.44. The van der Waals surface area contributed by atoms with Crippen LogP contribution in [-0.4, -0.2) is 29.1 Å². The highest BCUT2D eigenvalue weighted by atomic mass is 32.1. The molecule has 0 radical (unpaired) electrons. The van der Waals surface area contributed by atoms with Gasteiger partial charge in [-0.05, 0) is 24.3 Å². The average Bonchev–Trinajstić information content (AvgIpc) is 3.24. The van der Waals surface area contributed by atoms with Crippen molar-refractivity contribution in [2.24, 2.45) is 0 Å². The summed E-state index contributed by atoms with van der Waals surface area (Å²) >= 11 is 1.45. The molecular formula is C23H18N4O3S. The molecule has 0 aliphatic rings. The molecule has 0 aliphatic heterocycles. The number of rotatable bonds is 6. The smallest absolute Gasteiger partial charge is 0.269 e. The Hall–Kier alpha value is -4.04. The Morgan fingerprint density at radius 3 is 2.13 bits per heavy atom. The molecular weight excluding hydrogens is 412 g/mol. The number of benzene rings is 3. The molecule has 3 aromatic carbocycles. The van der Waals surface area contributed by atoms with E-state index in [1.165, 1.54) is 23.5 Å². The molecule has 0 atom stereocenters. The van der Waals surface area contributed by atoms with Crippen LogP contribution in [0.1, 0.15) is 26.3 Å². The number of thiazole rings is 1. The van der Waals surface area contributed by atoms with Crippen LogP contribution in [0.25, 0.3) is 10.2 Å². The molecule has 0 saturated heterocycles. The van der Waals surface area contributed by atoms with E-state index in [1.807, 2.05) is 30.3 Å². The van der Waals surface area contributed by atoms with E-state index < -0.39 is 11.8 Å². The molecule has 0 bridgehead atoms. The summed E-state index contributed by atoms with van der Waals surface area (Å²) in [6.07, 6.45) is 0. The molecule has 2 amide bonds. The Morgan fingerprint density at radius 1 is 0.742 bits per heavy atom. The van der Waals surface area contributed by atoms with E-state index in [1.54, 1.807) is 36.4 Å². The summed E-state index contributed by atoms with van der Waals surface area (Å²) in [7, 11) is 0. The summed E-state index contributed by atoms with van der Waals surface area (Å²) in [6, 6.07) is 22.8. The van der Waals surface area contributed by atoms with E-state index in [2.05, 4.69) is 21.2 Å². The molecule has 1 aromatic heterocycles. The van der Waals surface area contributed by atoms with Gasteiger partial charge in [0.25, 0.3) is 11.8 Å². The first kappa shape index (κ1) is 20.2. The number of carbonyl (C=O) groups excluding carboxylic acids is 3. The van der Waals surface area contributed by atoms with Gasteiger partial charge < -0.3 is 5.32 Å². The zero-order valence-corrected chi connectivity index (χ0v) is 17.1. The minimum absolute atomic E-state index is 0.0371. The second kappa shape index (κ2) is 9.19. The van der Waals surface area contributed by atoms with Crippen LogP contribution in [0, 0.1) is 0 Å². The van der Waals surface area contributed by atoms with Crippen molar-refractivity contribution in [1.82, 2.24) is 15.8 Å². The van der Waals surface area contributed by atoms with E-state index in [0.717, 1.165) is 10.2 Å². The Balaban J connectivity index is 1.28. The fraction of sp³-hybridized carbons (Fsp3) is 0.0435. The number of carbonyl (C=O) groups is 3. The zero-order valence-electron chi connectivity index (χ0n) is 16.3. The summed E-state index contributed by atoms with van der Waals surface area (Å²) < 4.78 is 1.02. The van der Waals surface area contributed by atoms with Gasteiger partial charge in [0, 0.05) is 16.7 Å². The summed E-state index contributed by atoms with van der Waals surface area (Å²) in [5.41, 5.74) is 6.96. The van der Waals surface area contributed by atoms with Gasteiger partial charge in [0.15, 0.2) is 10.9 Å². The number of para-hydroxylation sites is 1. The van der Waals surface area contributed by atoms with Crippen molar-refractivity contribution in [2.45, 2.75) is 0 Å². The second-order valence-electron chi connectivity index (χ2n) is 6.62. The van der Waals surface area contributed by atoms with Gasteiger partial charge in [-0.2, -0.15) is 0 Å². The van der Waals surface area contributed by atoms with E-state index in [-0.39, 0.29) is 12.3 Å². The number of hydrazine groups is 1. The average molecular weight is 430 g/mol. The predicted molar refractivity (Wildman–Crippen MR) is 120 cm³/mol. The van der Waals surface area contributed by atoms with Crippen molar-refractivity contribution in [2.75, 3.05) is 11.9 Å². The normalized spacial score (nSPS) is 10.5. The van der Waals surface area contributed by atoms with Crippen molar-refractivity contribution < 1.29 is 14.4 Å². The molecule has 0 unspecified atom stereocenters. The molecule has 0 saturated carbocycles. The van der Waals surface area contributed by atoms with Gasteiger partial charge in [0.2, 0.25) is 0 Å². The third kappa shape index (κ3) is 4.93. The van der Waals surface area contributed by atoms with Gasteiger partial charge in [0.05, 0.1) is 16.8 Å². The van der Waals surface area contributed by atoms with Crippen LogP contribution < -0.4 is 16.2 Å². The van der Waals surface area contributed by atoms with Crippen LogP contribution in [0.2, 0.25) is 0 Å². The first-order valence-corrected chi connectivity index (χ1v) is 10.3. The molecule has 7 nitrogen and oxygen atoms in total. The highest BCUT2D eigenvalue weighted by Gasteiger charge is 2.12. The van der Waals surface area contributed by atoms with Crippen LogP contribution in [-0.2, 0) is 4.79 Å². The Morgan fingerprint density at radius 2 is 1.39 bits per heavy atom. The van der Waals surface area contributed by atoms with Crippen LogP contribution >= 0.6 is 11.3 Å². The van der Waals surface area contributed by atoms with Gasteiger partial charge in [-0.15, -0.1) is 0 Å². The molecule has 8 heteroatoms. The highest BCUT2D eigenvalue weighted by Crippen LogP contribution is 2.24. The molecule has 0 spiro atoms. The monoisotopic (exact) mass is 430 g/mol. The van der Waals surface area contributed by atoms with Crippen molar-refractivity contribution in [3.05, 3.63) is 95.6 Å². The number of anilines is 1. The maximum Gasteiger partial charge on any atom is 0.269 e. The van der Waals surface area contributed by atoms with Crippen molar-refractivity contribution in [3.63, 3.8) is 0 Å². The number of amides is 2. The summed E-state index contributed by atoms with van der Waals surface area (Å²) in [5, 5.41) is 3.57. The van der Waals surface area contributed by atoms with Crippen LogP contribution in [0.15, 0.2) is 78.9 Å². The molecule has 0 fully saturated rings. The molecule has 154 valence electrons. The number of nitrogens with zero attached hydrogens (tertiary/aromatic N) is 1. The Kier molecular flexibility index (Phi) is 6.00. The lowest BCUT2D eigenvalue weighted by molar-refractivity contribution is -0.120. The SMILES string of the molecule is O=C(CNc1nc2ccccc2s1)NNC(=O)c1ccc(C(=O)c2ccccc2)cc1. The number of aromatic nitrogens is 1. The maximum atomic E-state index is 12.4. The topological polar surface area (TPSA) is 100 Å². The van der Waals surface area contributed by atoms with Gasteiger partial charge in [-0.1, -0.05) is 65.9 Å². The number of fused-ring (bicyclic) bond motifs is 1. The Bertz CT molecular complexity index is 1200. The third-order valence-corrected chi connectivity index (χ3v) is 5.45. The quantitative estimate of drug-likeness (QED) is 0.322. The van der Waals surface area contributed by atoms with Crippen molar-refractivity contribution >= 4 is 44.3 Å². The largest absolute Gasteiger partial charge is 0.352 e. The maximum absolute atomic E-state index is 12.4. The summed E-state index contributed by atoms with van der Waals surface area (Å²) in [4.78, 5) is 41.1. The molecule has 31 heavy (non-hydrogen) atoms. The van der Waals surface area contributed by atoms with E-state index >= 15 is 0 Å². The minimum atomic E-state index is -0.480. The first-order valence-electron chi connectivity index (χ1n) is 9.48. The molecule has 0 aliphatic carbocycles. The molecule has 3 N–H and O–H groups in total. The Labute approximate surface area is 182 Å². The number of hydrogen-bond acceptors (Lipinski definition) is 6. The van der Waals surface area contributed by atoms with Gasteiger partial charge in [-0.25, -0.2) is 4.98 Å². The third-order valence-electron chi connectivity index (χ3n) is 4.45. The summed E-state index contributed by atoms with van der Waals surface area (Å²) in [5.74, 6) is -1.02. The van der Waals surface area contributed by atoms with E-state index in [4.69, 9.17) is 0 Å². The van der Waals surface area contributed by atoms with Gasteiger partial charge in [0.1, 0.15) is 0 Å². The van der Waals surface area contributed by atoms with E-state index in [9.17, 15) is 14.4 Å². The zero-order chi connectivity index (χ0) is 21.6. The second-order valence-corrected chi connectivity index (χ2v) is 7.65.